The number of carbonyl (C=O) groups excluding carboxylic acids is 1. The molecular weight excluding hydrogens is 230 g/mol. The Balaban J connectivity index is 2.54. The SMILES string of the molecule is CCOC(=O)c1c(CC(C)C)oc2ncccc12. The van der Waals surface area contributed by atoms with Crippen LogP contribution in [0.15, 0.2) is 22.7 Å². The van der Waals surface area contributed by atoms with Gasteiger partial charge in [-0.25, -0.2) is 9.78 Å². The summed E-state index contributed by atoms with van der Waals surface area (Å²) in [5.41, 5.74) is 1.02. The van der Waals surface area contributed by atoms with Gasteiger partial charge in [0.05, 0.1) is 12.0 Å². The third-order valence-electron chi connectivity index (χ3n) is 2.61. The van der Waals surface area contributed by atoms with Gasteiger partial charge in [0, 0.05) is 12.6 Å². The number of pyridine rings is 1. The van der Waals surface area contributed by atoms with Gasteiger partial charge in [-0.2, -0.15) is 0 Å². The summed E-state index contributed by atoms with van der Waals surface area (Å²) in [5.74, 6) is 0.732. The predicted octanol–water partition coefficient (Wildman–Crippen LogP) is 3.20. The van der Waals surface area contributed by atoms with E-state index in [1.54, 1.807) is 19.2 Å². The maximum Gasteiger partial charge on any atom is 0.342 e. The van der Waals surface area contributed by atoms with Gasteiger partial charge in [0.2, 0.25) is 5.71 Å². The van der Waals surface area contributed by atoms with E-state index >= 15 is 0 Å². The van der Waals surface area contributed by atoms with Crippen molar-refractivity contribution in [2.24, 2.45) is 5.92 Å². The molecule has 0 aliphatic carbocycles. The summed E-state index contributed by atoms with van der Waals surface area (Å²) in [5, 5.41) is 0.728. The Bertz CT molecular complexity index is 557. The van der Waals surface area contributed by atoms with Gasteiger partial charge in [-0.05, 0) is 25.0 Å². The highest BCUT2D eigenvalue weighted by atomic mass is 16.5. The highest BCUT2D eigenvalue weighted by Gasteiger charge is 2.22. The number of esters is 1. The molecular formula is C14H17NO3. The lowest BCUT2D eigenvalue weighted by molar-refractivity contribution is 0.0525. The molecule has 4 nitrogen and oxygen atoms in total. The van der Waals surface area contributed by atoms with Crippen molar-refractivity contribution in [3.8, 4) is 0 Å². The van der Waals surface area contributed by atoms with Crippen LogP contribution in [0.3, 0.4) is 0 Å². The molecule has 0 amide bonds. The molecule has 0 saturated heterocycles. The van der Waals surface area contributed by atoms with Crippen LogP contribution in [-0.2, 0) is 11.2 Å². The fourth-order valence-corrected chi connectivity index (χ4v) is 1.92. The van der Waals surface area contributed by atoms with Crippen LogP contribution in [0.25, 0.3) is 11.1 Å². The normalized spacial score (nSPS) is 11.1. The number of fused-ring (bicyclic) bond motifs is 1. The van der Waals surface area contributed by atoms with Gasteiger partial charge in [0.25, 0.3) is 0 Å². The lowest BCUT2D eigenvalue weighted by atomic mass is 10.0. The third kappa shape index (κ3) is 2.37. The van der Waals surface area contributed by atoms with Crippen LogP contribution >= 0.6 is 0 Å². The van der Waals surface area contributed by atoms with Crippen LogP contribution in [0.1, 0.15) is 36.9 Å². The molecule has 2 heterocycles. The van der Waals surface area contributed by atoms with Gasteiger partial charge in [0.15, 0.2) is 0 Å². The number of ether oxygens (including phenoxy) is 1. The van der Waals surface area contributed by atoms with Crippen molar-refractivity contribution in [3.63, 3.8) is 0 Å². The van der Waals surface area contributed by atoms with E-state index in [0.29, 0.717) is 36.0 Å². The van der Waals surface area contributed by atoms with Gasteiger partial charge >= 0.3 is 5.97 Å². The second-order valence-electron chi connectivity index (χ2n) is 4.57. The van der Waals surface area contributed by atoms with Crippen molar-refractivity contribution in [1.82, 2.24) is 4.98 Å². The van der Waals surface area contributed by atoms with Gasteiger partial charge in [-0.1, -0.05) is 13.8 Å². The summed E-state index contributed by atoms with van der Waals surface area (Å²) >= 11 is 0. The molecule has 0 saturated carbocycles. The van der Waals surface area contributed by atoms with Crippen molar-refractivity contribution >= 4 is 17.1 Å². The van der Waals surface area contributed by atoms with Crippen LogP contribution in [0, 0.1) is 5.92 Å². The average molecular weight is 247 g/mol. The van der Waals surface area contributed by atoms with Crippen LogP contribution in [0.2, 0.25) is 0 Å². The van der Waals surface area contributed by atoms with E-state index in [4.69, 9.17) is 9.15 Å². The van der Waals surface area contributed by atoms with E-state index in [-0.39, 0.29) is 5.97 Å². The zero-order chi connectivity index (χ0) is 13.1. The number of furan rings is 1. The molecule has 96 valence electrons. The van der Waals surface area contributed by atoms with Gasteiger partial charge < -0.3 is 9.15 Å². The maximum absolute atomic E-state index is 12.0. The van der Waals surface area contributed by atoms with Crippen molar-refractivity contribution in [1.29, 1.82) is 0 Å². The minimum absolute atomic E-state index is 0.333. The monoisotopic (exact) mass is 247 g/mol. The summed E-state index contributed by atoms with van der Waals surface area (Å²) in [6, 6.07) is 3.63. The topological polar surface area (TPSA) is 52.3 Å². The average Bonchev–Trinajstić information content (AvgIpc) is 2.66. The van der Waals surface area contributed by atoms with Crippen molar-refractivity contribution in [3.05, 3.63) is 29.7 Å². The molecule has 0 aliphatic heterocycles. The molecule has 2 aromatic rings. The Labute approximate surface area is 106 Å². The van der Waals surface area contributed by atoms with E-state index in [1.807, 2.05) is 6.07 Å². The standard InChI is InChI=1S/C14H17NO3/c1-4-17-14(16)12-10-6-5-7-15-13(10)18-11(12)8-9(2)3/h5-7,9H,4,8H2,1-3H3. The molecule has 4 heteroatoms. The summed E-state index contributed by atoms with van der Waals surface area (Å²) in [6.45, 7) is 6.30. The molecule has 2 aromatic heterocycles. The highest BCUT2D eigenvalue weighted by Crippen LogP contribution is 2.27. The Morgan fingerprint density at radius 1 is 1.50 bits per heavy atom. The van der Waals surface area contributed by atoms with Gasteiger partial charge in [-0.15, -0.1) is 0 Å². The van der Waals surface area contributed by atoms with Crippen LogP contribution in [-0.4, -0.2) is 17.6 Å². The maximum atomic E-state index is 12.0. The van der Waals surface area contributed by atoms with Crippen molar-refractivity contribution in [2.45, 2.75) is 27.2 Å². The second-order valence-corrected chi connectivity index (χ2v) is 4.57. The first-order valence-electron chi connectivity index (χ1n) is 6.17. The molecule has 2 rings (SSSR count). The van der Waals surface area contributed by atoms with E-state index < -0.39 is 0 Å². The molecule has 0 radical (unpaired) electrons. The number of nitrogens with zero attached hydrogens (tertiary/aromatic N) is 1. The largest absolute Gasteiger partial charge is 0.462 e. The minimum Gasteiger partial charge on any atom is -0.462 e. The van der Waals surface area contributed by atoms with Gasteiger partial charge in [0.1, 0.15) is 11.3 Å². The summed E-state index contributed by atoms with van der Waals surface area (Å²) in [4.78, 5) is 16.1. The Morgan fingerprint density at radius 2 is 2.28 bits per heavy atom. The third-order valence-corrected chi connectivity index (χ3v) is 2.61. The fourth-order valence-electron chi connectivity index (χ4n) is 1.92. The number of hydrogen-bond acceptors (Lipinski definition) is 4. The van der Waals surface area contributed by atoms with E-state index in [9.17, 15) is 4.79 Å². The molecule has 0 unspecified atom stereocenters. The lowest BCUT2D eigenvalue weighted by Crippen LogP contribution is -2.08. The minimum atomic E-state index is -0.333. The quantitative estimate of drug-likeness (QED) is 0.778. The zero-order valence-electron chi connectivity index (χ0n) is 10.9. The first-order valence-corrected chi connectivity index (χ1v) is 6.17. The highest BCUT2D eigenvalue weighted by molar-refractivity contribution is 6.03. The molecule has 0 bridgehead atoms. The first kappa shape index (κ1) is 12.6. The molecule has 0 aromatic carbocycles. The zero-order valence-corrected chi connectivity index (χ0v) is 10.9. The van der Waals surface area contributed by atoms with Crippen LogP contribution < -0.4 is 0 Å². The molecule has 0 N–H and O–H groups in total. The summed E-state index contributed by atoms with van der Waals surface area (Å²) in [7, 11) is 0. The number of carbonyl (C=O) groups is 1. The molecule has 0 aliphatic rings. The molecule has 0 spiro atoms. The Hall–Kier alpha value is -1.84. The number of hydrogen-bond donors (Lipinski definition) is 0. The van der Waals surface area contributed by atoms with Gasteiger partial charge in [-0.3, -0.25) is 0 Å². The first-order chi connectivity index (χ1) is 8.63. The molecule has 0 fully saturated rings. The fraction of sp³-hybridized carbons (Fsp3) is 0.429. The van der Waals surface area contributed by atoms with E-state index in [1.165, 1.54) is 0 Å². The van der Waals surface area contributed by atoms with Crippen LogP contribution in [0.5, 0.6) is 0 Å². The van der Waals surface area contributed by atoms with E-state index in [0.717, 1.165) is 5.39 Å². The predicted molar refractivity (Wildman–Crippen MR) is 68.5 cm³/mol. The van der Waals surface area contributed by atoms with Crippen molar-refractivity contribution in [2.75, 3.05) is 6.61 Å². The Kier molecular flexibility index (Phi) is 3.65. The number of rotatable bonds is 4. The number of aromatic nitrogens is 1. The summed E-state index contributed by atoms with van der Waals surface area (Å²) < 4.78 is 10.8. The smallest absolute Gasteiger partial charge is 0.342 e. The lowest BCUT2D eigenvalue weighted by Gasteiger charge is -2.04. The van der Waals surface area contributed by atoms with Crippen LogP contribution in [0.4, 0.5) is 0 Å². The molecule has 18 heavy (non-hydrogen) atoms. The second kappa shape index (κ2) is 5.21. The summed E-state index contributed by atoms with van der Waals surface area (Å²) in [6.07, 6.45) is 2.35. The van der Waals surface area contributed by atoms with Crippen molar-refractivity contribution < 1.29 is 13.9 Å². The Morgan fingerprint density at radius 3 is 2.94 bits per heavy atom. The molecule has 0 atom stereocenters. The van der Waals surface area contributed by atoms with E-state index in [2.05, 4.69) is 18.8 Å².